The predicted octanol–water partition coefficient (Wildman–Crippen LogP) is 3.18. The van der Waals surface area contributed by atoms with Crippen molar-refractivity contribution in [1.82, 2.24) is 20.5 Å². The third-order valence-electron chi connectivity index (χ3n) is 3.45. The third kappa shape index (κ3) is 6.98. The lowest BCUT2D eigenvalue weighted by molar-refractivity contribution is -0.121. The Balaban J connectivity index is 0.00000288. The molecule has 0 bridgehead atoms. The average molecular weight is 417 g/mol. The van der Waals surface area contributed by atoms with Gasteiger partial charge in [-0.25, -0.2) is 4.98 Å². The fraction of sp³-hybridized carbons (Fsp3) is 0.438. The van der Waals surface area contributed by atoms with Crippen LogP contribution in [0.5, 0.6) is 0 Å². The van der Waals surface area contributed by atoms with Crippen molar-refractivity contribution in [3.8, 4) is 11.4 Å². The largest absolute Gasteiger partial charge is 0.349 e. The van der Waals surface area contributed by atoms with Crippen molar-refractivity contribution in [2.45, 2.75) is 38.6 Å². The molecule has 1 heterocycles. The van der Waals surface area contributed by atoms with Gasteiger partial charge < -0.3 is 11.1 Å². The SMILES string of the molecule is Cl.NCCCCCCC(=O)NCc1nc(-c2ccc(Br)cc2)n[nH]1. The summed E-state index contributed by atoms with van der Waals surface area (Å²) in [4.78, 5) is 16.2. The van der Waals surface area contributed by atoms with Gasteiger partial charge in [0.15, 0.2) is 5.82 Å². The molecular formula is C16H23BrClN5O. The van der Waals surface area contributed by atoms with E-state index in [9.17, 15) is 4.79 Å². The Morgan fingerprint density at radius 1 is 1.17 bits per heavy atom. The Labute approximate surface area is 156 Å². The minimum absolute atomic E-state index is 0. The number of halogens is 2. The van der Waals surface area contributed by atoms with Crippen molar-refractivity contribution in [2.75, 3.05) is 6.54 Å². The molecule has 0 unspecified atom stereocenters. The summed E-state index contributed by atoms with van der Waals surface area (Å²) >= 11 is 3.40. The van der Waals surface area contributed by atoms with E-state index in [1.54, 1.807) is 0 Å². The number of carbonyl (C=O) groups is 1. The van der Waals surface area contributed by atoms with E-state index in [0.717, 1.165) is 42.3 Å². The Kier molecular flexibility index (Phi) is 9.59. The molecule has 4 N–H and O–H groups in total. The highest BCUT2D eigenvalue weighted by Gasteiger charge is 2.07. The molecule has 132 valence electrons. The number of nitrogens with zero attached hydrogens (tertiary/aromatic N) is 2. The number of aromatic amines is 1. The lowest BCUT2D eigenvalue weighted by Gasteiger charge is -2.03. The van der Waals surface area contributed by atoms with E-state index < -0.39 is 0 Å². The fourth-order valence-corrected chi connectivity index (χ4v) is 2.42. The number of nitrogens with two attached hydrogens (primary N) is 1. The summed E-state index contributed by atoms with van der Waals surface area (Å²) in [6.07, 6.45) is 4.59. The van der Waals surface area contributed by atoms with Crippen molar-refractivity contribution in [3.63, 3.8) is 0 Å². The van der Waals surface area contributed by atoms with Gasteiger partial charge in [0.1, 0.15) is 5.82 Å². The molecule has 0 saturated carbocycles. The molecule has 8 heteroatoms. The number of benzene rings is 1. The van der Waals surface area contributed by atoms with Crippen LogP contribution in [0, 0.1) is 0 Å². The Morgan fingerprint density at radius 2 is 1.88 bits per heavy atom. The first-order valence-corrected chi connectivity index (χ1v) is 8.62. The molecule has 6 nitrogen and oxygen atoms in total. The number of carbonyl (C=O) groups excluding carboxylic acids is 1. The van der Waals surface area contributed by atoms with Crippen molar-refractivity contribution in [3.05, 3.63) is 34.6 Å². The lowest BCUT2D eigenvalue weighted by atomic mass is 10.1. The predicted molar refractivity (Wildman–Crippen MR) is 101 cm³/mol. The molecule has 1 aromatic heterocycles. The van der Waals surface area contributed by atoms with Gasteiger partial charge in [-0.1, -0.05) is 40.9 Å². The highest BCUT2D eigenvalue weighted by atomic mass is 79.9. The van der Waals surface area contributed by atoms with E-state index in [-0.39, 0.29) is 18.3 Å². The maximum Gasteiger partial charge on any atom is 0.220 e. The minimum atomic E-state index is 0. The molecular weight excluding hydrogens is 394 g/mol. The van der Waals surface area contributed by atoms with Gasteiger partial charge in [0.25, 0.3) is 0 Å². The summed E-state index contributed by atoms with van der Waals surface area (Å²) in [6, 6.07) is 7.77. The maximum absolute atomic E-state index is 11.8. The van der Waals surface area contributed by atoms with E-state index in [2.05, 4.69) is 36.4 Å². The van der Waals surface area contributed by atoms with Crippen LogP contribution in [0.1, 0.15) is 37.9 Å². The molecule has 2 aromatic rings. The number of hydrogen-bond donors (Lipinski definition) is 3. The van der Waals surface area contributed by atoms with Crippen LogP contribution in [0.15, 0.2) is 28.7 Å². The number of unbranched alkanes of at least 4 members (excludes halogenated alkanes) is 3. The van der Waals surface area contributed by atoms with Crippen LogP contribution in [-0.4, -0.2) is 27.6 Å². The van der Waals surface area contributed by atoms with Crippen LogP contribution in [0.4, 0.5) is 0 Å². The first kappa shape index (κ1) is 20.6. The number of aromatic nitrogens is 3. The van der Waals surface area contributed by atoms with Gasteiger partial charge in [-0.2, -0.15) is 5.10 Å². The first-order chi connectivity index (χ1) is 11.2. The summed E-state index contributed by atoms with van der Waals surface area (Å²) < 4.78 is 1.01. The van der Waals surface area contributed by atoms with E-state index in [1.165, 1.54) is 0 Å². The molecule has 24 heavy (non-hydrogen) atoms. The van der Waals surface area contributed by atoms with Gasteiger partial charge in [0.2, 0.25) is 5.91 Å². The monoisotopic (exact) mass is 415 g/mol. The van der Waals surface area contributed by atoms with Crippen molar-refractivity contribution in [2.24, 2.45) is 5.73 Å². The van der Waals surface area contributed by atoms with E-state index in [4.69, 9.17) is 5.73 Å². The molecule has 0 fully saturated rings. The average Bonchev–Trinajstić information content (AvgIpc) is 3.02. The number of H-pyrrole nitrogens is 1. The third-order valence-corrected chi connectivity index (χ3v) is 3.97. The van der Waals surface area contributed by atoms with Crippen LogP contribution in [0.25, 0.3) is 11.4 Å². The lowest BCUT2D eigenvalue weighted by Crippen LogP contribution is -2.23. The van der Waals surface area contributed by atoms with Gasteiger partial charge in [-0.3, -0.25) is 9.89 Å². The smallest absolute Gasteiger partial charge is 0.220 e. The molecule has 0 aliphatic carbocycles. The quantitative estimate of drug-likeness (QED) is 0.547. The second-order valence-electron chi connectivity index (χ2n) is 5.34. The molecule has 1 amide bonds. The zero-order chi connectivity index (χ0) is 16.5. The molecule has 0 spiro atoms. The van der Waals surface area contributed by atoms with E-state index in [0.29, 0.717) is 24.6 Å². The maximum atomic E-state index is 11.8. The van der Waals surface area contributed by atoms with Crippen LogP contribution < -0.4 is 11.1 Å². The summed E-state index contributed by atoms with van der Waals surface area (Å²) in [7, 11) is 0. The second kappa shape index (κ2) is 11.2. The van der Waals surface area contributed by atoms with Gasteiger partial charge in [-0.05, 0) is 31.5 Å². The minimum Gasteiger partial charge on any atom is -0.349 e. The highest BCUT2D eigenvalue weighted by molar-refractivity contribution is 9.10. The molecule has 1 aromatic carbocycles. The number of nitrogens with one attached hydrogen (secondary N) is 2. The zero-order valence-electron chi connectivity index (χ0n) is 13.4. The van der Waals surface area contributed by atoms with E-state index in [1.807, 2.05) is 24.3 Å². The zero-order valence-corrected chi connectivity index (χ0v) is 15.8. The standard InChI is InChI=1S/C16H22BrN5O.ClH/c17-13-8-6-12(7-9-13)16-20-14(21-22-16)11-19-15(23)5-3-1-2-4-10-18;/h6-9H,1-5,10-11,18H2,(H,19,23)(H,20,21,22);1H. The van der Waals surface area contributed by atoms with Crippen LogP contribution >= 0.6 is 28.3 Å². The van der Waals surface area contributed by atoms with Crippen molar-refractivity contribution >= 4 is 34.2 Å². The van der Waals surface area contributed by atoms with Gasteiger partial charge in [0, 0.05) is 16.5 Å². The summed E-state index contributed by atoms with van der Waals surface area (Å²) in [5.41, 5.74) is 6.37. The molecule has 0 radical (unpaired) electrons. The first-order valence-electron chi connectivity index (χ1n) is 7.83. The Bertz CT molecular complexity index is 617. The molecule has 0 atom stereocenters. The number of rotatable bonds is 9. The van der Waals surface area contributed by atoms with Crippen molar-refractivity contribution < 1.29 is 4.79 Å². The van der Waals surface area contributed by atoms with Crippen molar-refractivity contribution in [1.29, 1.82) is 0 Å². The topological polar surface area (TPSA) is 96.7 Å². The molecule has 2 rings (SSSR count). The molecule has 0 aliphatic rings. The van der Waals surface area contributed by atoms with Crippen LogP contribution in [-0.2, 0) is 11.3 Å². The van der Waals surface area contributed by atoms with E-state index >= 15 is 0 Å². The fourth-order valence-electron chi connectivity index (χ4n) is 2.16. The van der Waals surface area contributed by atoms with Gasteiger partial charge >= 0.3 is 0 Å². The summed E-state index contributed by atoms with van der Waals surface area (Å²) in [6.45, 7) is 1.09. The Morgan fingerprint density at radius 3 is 2.58 bits per heavy atom. The normalized spacial score (nSPS) is 10.2. The number of hydrogen-bond acceptors (Lipinski definition) is 4. The molecule has 0 aliphatic heterocycles. The molecule has 0 saturated heterocycles. The van der Waals surface area contributed by atoms with Crippen LogP contribution in [0.2, 0.25) is 0 Å². The summed E-state index contributed by atoms with van der Waals surface area (Å²) in [5.74, 6) is 1.32. The second-order valence-corrected chi connectivity index (χ2v) is 6.26. The van der Waals surface area contributed by atoms with Gasteiger partial charge in [0.05, 0.1) is 6.54 Å². The van der Waals surface area contributed by atoms with Gasteiger partial charge in [-0.15, -0.1) is 12.4 Å². The Hall–Kier alpha value is -1.44. The van der Waals surface area contributed by atoms with Crippen LogP contribution in [0.3, 0.4) is 0 Å². The highest BCUT2D eigenvalue weighted by Crippen LogP contribution is 2.18. The number of amides is 1. The summed E-state index contributed by atoms with van der Waals surface area (Å²) in [5, 5.41) is 9.89.